The van der Waals surface area contributed by atoms with Crippen LogP contribution in [-0.4, -0.2) is 87.8 Å². The number of nitrogens with zero attached hydrogens (tertiary/aromatic N) is 2. The van der Waals surface area contributed by atoms with E-state index in [9.17, 15) is 9.59 Å². The monoisotopic (exact) mass is 586 g/mol. The van der Waals surface area contributed by atoms with Crippen molar-refractivity contribution >= 4 is 11.8 Å². The molecular weight excluding hydrogens is 532 g/mol. The van der Waals surface area contributed by atoms with Crippen LogP contribution in [0.3, 0.4) is 0 Å². The minimum atomic E-state index is -0.394. The quantitative estimate of drug-likeness (QED) is 0.437. The molecule has 0 bridgehead atoms. The molecule has 42 heavy (non-hydrogen) atoms. The lowest BCUT2D eigenvalue weighted by atomic mass is 9.88. The summed E-state index contributed by atoms with van der Waals surface area (Å²) in [5, 5.41) is 0. The second kappa shape index (κ2) is 11.6. The summed E-state index contributed by atoms with van der Waals surface area (Å²) in [5.74, 6) is 2.31. The summed E-state index contributed by atoms with van der Waals surface area (Å²) in [6.07, 6.45) is 14.0. The Kier molecular flexibility index (Phi) is 8.78. The second-order valence-electron chi connectivity index (χ2n) is 15.9. The molecule has 0 aromatic rings. The largest absolute Gasteiger partial charge is 0.349 e. The van der Waals surface area contributed by atoms with E-state index >= 15 is 0 Å². The first-order valence-electron chi connectivity index (χ1n) is 15.9. The number of fused-ring (bicyclic) bond motifs is 2. The normalized spacial score (nSPS) is 35.9. The van der Waals surface area contributed by atoms with Crippen molar-refractivity contribution in [1.82, 2.24) is 9.80 Å². The number of amides is 2. The van der Waals surface area contributed by atoms with Crippen LogP contribution in [-0.2, 0) is 28.5 Å². The van der Waals surface area contributed by atoms with Crippen molar-refractivity contribution in [3.63, 3.8) is 0 Å². The van der Waals surface area contributed by atoms with Crippen LogP contribution in [0.1, 0.15) is 66.2 Å². The molecule has 2 spiro atoms. The molecule has 0 unspecified atom stereocenters. The Bertz CT molecular complexity index is 974. The van der Waals surface area contributed by atoms with Gasteiger partial charge in [0.25, 0.3) is 0 Å². The maximum Gasteiger partial charge on any atom is 0.222 e. The average molecular weight is 587 g/mol. The zero-order chi connectivity index (χ0) is 30.5. The highest BCUT2D eigenvalue weighted by Gasteiger charge is 2.54. The van der Waals surface area contributed by atoms with Crippen molar-refractivity contribution in [1.29, 1.82) is 0 Å². The van der Waals surface area contributed by atoms with E-state index in [0.29, 0.717) is 48.3 Å². The van der Waals surface area contributed by atoms with Crippen LogP contribution < -0.4 is 0 Å². The maximum absolute atomic E-state index is 12.0. The van der Waals surface area contributed by atoms with Crippen LogP contribution in [0.5, 0.6) is 0 Å². The topological polar surface area (TPSA) is 77.5 Å². The van der Waals surface area contributed by atoms with Crippen LogP contribution in [0.2, 0.25) is 0 Å². The Morgan fingerprint density at radius 3 is 1.24 bits per heavy atom. The fraction of sp³-hybridized carbons (Fsp3) is 0.824. The molecule has 8 heteroatoms. The van der Waals surface area contributed by atoms with Gasteiger partial charge in [0.2, 0.25) is 11.8 Å². The van der Waals surface area contributed by atoms with Crippen molar-refractivity contribution in [2.45, 2.75) is 77.8 Å². The summed E-state index contributed by atoms with van der Waals surface area (Å²) in [6.45, 7) is 11.7. The van der Waals surface area contributed by atoms with Gasteiger partial charge in [-0.2, -0.15) is 0 Å². The van der Waals surface area contributed by atoms with Crippen molar-refractivity contribution in [3.05, 3.63) is 24.3 Å². The SMILES string of the molecule is CN(C)C(=O)C[C@@H]1C=C[C@H]2CC3(C[C@@H]12)OCC(C)(C)CO3.CN(C)C(=O)C[C@H]1C=C[C@@H]2CC3(C[C@H]12)OCC(C)(C)CO3. The van der Waals surface area contributed by atoms with E-state index in [1.807, 2.05) is 28.2 Å². The van der Waals surface area contributed by atoms with Gasteiger partial charge in [-0.25, -0.2) is 0 Å². The van der Waals surface area contributed by atoms with Gasteiger partial charge in [-0.1, -0.05) is 52.0 Å². The highest BCUT2D eigenvalue weighted by atomic mass is 16.7. The van der Waals surface area contributed by atoms with E-state index < -0.39 is 11.6 Å². The summed E-state index contributed by atoms with van der Waals surface area (Å²) in [7, 11) is 7.29. The maximum atomic E-state index is 12.0. The Labute approximate surface area is 253 Å². The van der Waals surface area contributed by atoms with E-state index in [1.165, 1.54) is 0 Å². The number of rotatable bonds is 4. The molecule has 6 aliphatic rings. The lowest BCUT2D eigenvalue weighted by Crippen LogP contribution is -2.46. The molecule has 8 nitrogen and oxygen atoms in total. The average Bonchev–Trinajstić information content (AvgIpc) is 3.65. The summed E-state index contributed by atoms with van der Waals surface area (Å²) in [5.41, 5.74) is 0.220. The minimum Gasteiger partial charge on any atom is -0.349 e. The first-order valence-corrected chi connectivity index (χ1v) is 15.9. The zero-order valence-electron chi connectivity index (χ0n) is 27.2. The fourth-order valence-corrected chi connectivity index (χ4v) is 7.58. The second-order valence-corrected chi connectivity index (χ2v) is 15.9. The lowest BCUT2D eigenvalue weighted by Gasteiger charge is -2.42. The van der Waals surface area contributed by atoms with Crippen molar-refractivity contribution in [3.8, 4) is 0 Å². The van der Waals surface area contributed by atoms with Gasteiger partial charge in [-0.05, 0) is 35.5 Å². The molecule has 236 valence electrons. The Morgan fingerprint density at radius 2 is 0.929 bits per heavy atom. The first-order chi connectivity index (χ1) is 19.6. The molecule has 6 rings (SSSR count). The van der Waals surface area contributed by atoms with Crippen LogP contribution in [0, 0.1) is 46.3 Å². The van der Waals surface area contributed by atoms with Gasteiger partial charge >= 0.3 is 0 Å². The predicted octanol–water partition coefficient (Wildman–Crippen LogP) is 4.89. The van der Waals surface area contributed by atoms with Crippen LogP contribution in [0.4, 0.5) is 0 Å². The minimum absolute atomic E-state index is 0.110. The van der Waals surface area contributed by atoms with Gasteiger partial charge in [0, 0.05) is 77.5 Å². The highest BCUT2D eigenvalue weighted by molar-refractivity contribution is 5.76. The molecule has 2 heterocycles. The smallest absolute Gasteiger partial charge is 0.222 e. The van der Waals surface area contributed by atoms with Crippen LogP contribution in [0.25, 0.3) is 0 Å². The molecule has 4 aliphatic carbocycles. The third-order valence-electron chi connectivity index (χ3n) is 10.3. The number of allylic oxidation sites excluding steroid dienone is 4. The lowest BCUT2D eigenvalue weighted by molar-refractivity contribution is -0.297. The summed E-state index contributed by atoms with van der Waals surface area (Å²) >= 11 is 0. The van der Waals surface area contributed by atoms with E-state index in [0.717, 1.165) is 52.1 Å². The number of hydrogen-bond donors (Lipinski definition) is 0. The number of ether oxygens (including phenoxy) is 4. The first kappa shape index (κ1) is 31.7. The molecular formula is C34H54N2O6. The molecule has 2 aliphatic heterocycles. The van der Waals surface area contributed by atoms with E-state index in [2.05, 4.69) is 52.0 Å². The van der Waals surface area contributed by atoms with Gasteiger partial charge in [-0.15, -0.1) is 0 Å². The Morgan fingerprint density at radius 1 is 0.595 bits per heavy atom. The third kappa shape index (κ3) is 6.82. The zero-order valence-corrected chi connectivity index (χ0v) is 27.2. The van der Waals surface area contributed by atoms with Crippen molar-refractivity contribution in [2.24, 2.45) is 46.3 Å². The van der Waals surface area contributed by atoms with Crippen LogP contribution >= 0.6 is 0 Å². The van der Waals surface area contributed by atoms with Gasteiger partial charge in [0.15, 0.2) is 11.6 Å². The third-order valence-corrected chi connectivity index (χ3v) is 10.3. The fourth-order valence-electron chi connectivity index (χ4n) is 7.58. The van der Waals surface area contributed by atoms with Crippen LogP contribution in [0.15, 0.2) is 24.3 Å². The van der Waals surface area contributed by atoms with E-state index in [1.54, 1.807) is 9.80 Å². The summed E-state index contributed by atoms with van der Waals surface area (Å²) in [4.78, 5) is 27.3. The number of hydrogen-bond acceptors (Lipinski definition) is 6. The van der Waals surface area contributed by atoms with Gasteiger partial charge < -0.3 is 28.7 Å². The van der Waals surface area contributed by atoms with Gasteiger partial charge in [-0.3, -0.25) is 9.59 Å². The molecule has 0 aromatic heterocycles. The number of carbonyl (C=O) groups excluding carboxylic acids is 2. The Hall–Kier alpha value is -1.74. The number of carbonyl (C=O) groups is 2. The van der Waals surface area contributed by atoms with Crippen molar-refractivity contribution in [2.75, 3.05) is 54.6 Å². The molecule has 0 radical (unpaired) electrons. The molecule has 6 atom stereocenters. The van der Waals surface area contributed by atoms with Crippen molar-refractivity contribution < 1.29 is 28.5 Å². The molecule has 0 aromatic carbocycles. The van der Waals surface area contributed by atoms with Gasteiger partial charge in [0.1, 0.15) is 0 Å². The van der Waals surface area contributed by atoms with E-state index in [-0.39, 0.29) is 22.6 Å². The predicted molar refractivity (Wildman–Crippen MR) is 161 cm³/mol. The standard InChI is InChI=1S/2C17H27NO3/c2*1-16(2)10-20-17(21-11-16)8-13-6-5-12(14(13)9-17)7-15(19)18(3)4/h2*5-6,12-14H,7-11H2,1-4H3/t2*12-,13-,14-/m10/s1. The van der Waals surface area contributed by atoms with E-state index in [4.69, 9.17) is 18.9 Å². The molecule has 2 saturated heterocycles. The highest BCUT2D eigenvalue weighted by Crippen LogP contribution is 2.54. The molecule has 2 saturated carbocycles. The Balaban J connectivity index is 0.000000168. The molecule has 2 amide bonds. The van der Waals surface area contributed by atoms with Gasteiger partial charge in [0.05, 0.1) is 26.4 Å². The molecule has 4 fully saturated rings. The summed E-state index contributed by atoms with van der Waals surface area (Å²) in [6, 6.07) is 0. The summed E-state index contributed by atoms with van der Waals surface area (Å²) < 4.78 is 24.5. The molecule has 0 N–H and O–H groups in total.